The Hall–Kier alpha value is -1.07. The Labute approximate surface area is 128 Å². The number of rotatable bonds is 2. The number of amides is 1. The van der Waals surface area contributed by atoms with Crippen molar-refractivity contribution in [3.05, 3.63) is 50.3 Å². The highest BCUT2D eigenvalue weighted by Crippen LogP contribution is 2.26. The lowest BCUT2D eigenvalue weighted by molar-refractivity contribution is 0.102. The Bertz CT molecular complexity index is 628. The molecule has 2 aromatic rings. The first-order chi connectivity index (χ1) is 8.97. The van der Waals surface area contributed by atoms with Crippen LogP contribution in [0.3, 0.4) is 0 Å². The third-order valence-corrected chi connectivity index (χ3v) is 3.29. The molecule has 1 aromatic carbocycles. The average Bonchev–Trinajstić information content (AvgIpc) is 2.31. The molecule has 1 amide bonds. The number of nitrogens with zero attached hydrogens (tertiary/aromatic N) is 2. The van der Waals surface area contributed by atoms with Crippen LogP contribution in [0.5, 0.6) is 0 Å². The van der Waals surface area contributed by atoms with Gasteiger partial charge in [0, 0.05) is 6.07 Å². The third-order valence-electron chi connectivity index (χ3n) is 2.11. The molecular weight excluding hydrogens is 332 g/mol. The number of hydrogen-bond acceptors (Lipinski definition) is 3. The van der Waals surface area contributed by atoms with E-state index >= 15 is 0 Å². The van der Waals surface area contributed by atoms with Gasteiger partial charge in [-0.05, 0) is 23.7 Å². The smallest absolute Gasteiger partial charge is 0.258 e. The topological polar surface area (TPSA) is 54.9 Å². The van der Waals surface area contributed by atoms with Gasteiger partial charge in [-0.2, -0.15) is 0 Å². The molecule has 0 aliphatic heterocycles. The van der Waals surface area contributed by atoms with E-state index in [2.05, 4.69) is 15.3 Å². The molecule has 1 aromatic heterocycles. The van der Waals surface area contributed by atoms with Gasteiger partial charge in [-0.15, -0.1) is 0 Å². The Morgan fingerprint density at radius 3 is 2.53 bits per heavy atom. The largest absolute Gasteiger partial charge is 0.306 e. The number of benzene rings is 1. The summed E-state index contributed by atoms with van der Waals surface area (Å²) in [6, 6.07) is 6.10. The minimum Gasteiger partial charge on any atom is -0.306 e. The molecule has 0 aliphatic carbocycles. The summed E-state index contributed by atoms with van der Waals surface area (Å²) >= 11 is 23.1. The molecule has 19 heavy (non-hydrogen) atoms. The van der Waals surface area contributed by atoms with Gasteiger partial charge in [0.2, 0.25) is 5.28 Å². The first-order valence-electron chi connectivity index (χ1n) is 4.93. The summed E-state index contributed by atoms with van der Waals surface area (Å²) in [4.78, 5) is 19.5. The van der Waals surface area contributed by atoms with E-state index in [0.717, 1.165) is 0 Å². The van der Waals surface area contributed by atoms with Crippen molar-refractivity contribution in [3.63, 3.8) is 0 Å². The number of carbonyl (C=O) groups is 1. The maximum absolute atomic E-state index is 12.0. The van der Waals surface area contributed by atoms with Gasteiger partial charge in [0.25, 0.3) is 5.91 Å². The zero-order chi connectivity index (χ0) is 14.0. The normalized spacial score (nSPS) is 10.3. The molecule has 1 heterocycles. The summed E-state index contributed by atoms with van der Waals surface area (Å²) in [5.41, 5.74) is 0.222. The number of aromatic nitrogens is 2. The van der Waals surface area contributed by atoms with Gasteiger partial charge in [0.15, 0.2) is 0 Å². The van der Waals surface area contributed by atoms with Gasteiger partial charge in [0.1, 0.15) is 11.0 Å². The highest BCUT2D eigenvalue weighted by Gasteiger charge is 2.14. The number of hydrogen-bond donors (Lipinski definition) is 1. The van der Waals surface area contributed by atoms with Gasteiger partial charge in [-0.3, -0.25) is 4.79 Å². The van der Waals surface area contributed by atoms with Crippen molar-refractivity contribution in [2.24, 2.45) is 0 Å². The van der Waals surface area contributed by atoms with Crippen molar-refractivity contribution in [2.45, 2.75) is 0 Å². The molecule has 1 N–H and O–H groups in total. The summed E-state index contributed by atoms with van der Waals surface area (Å²) in [6.07, 6.45) is 0. The monoisotopic (exact) mass is 335 g/mol. The lowest BCUT2D eigenvalue weighted by Gasteiger charge is -2.07. The summed E-state index contributed by atoms with van der Waals surface area (Å²) in [5, 5.41) is 3.00. The Morgan fingerprint density at radius 1 is 1.11 bits per heavy atom. The number of anilines is 1. The predicted octanol–water partition coefficient (Wildman–Crippen LogP) is 4.34. The molecule has 0 fully saturated rings. The number of halogens is 4. The van der Waals surface area contributed by atoms with Crippen LogP contribution < -0.4 is 5.32 Å². The molecule has 0 saturated carbocycles. The highest BCUT2D eigenvalue weighted by atomic mass is 35.5. The van der Waals surface area contributed by atoms with E-state index in [1.165, 1.54) is 12.1 Å². The van der Waals surface area contributed by atoms with Crippen LogP contribution in [0, 0.1) is 0 Å². The van der Waals surface area contributed by atoms with Crippen molar-refractivity contribution in [3.8, 4) is 0 Å². The first-order valence-corrected chi connectivity index (χ1v) is 6.44. The zero-order valence-electron chi connectivity index (χ0n) is 9.12. The molecule has 2 rings (SSSR count). The molecule has 4 nitrogen and oxygen atoms in total. The van der Waals surface area contributed by atoms with Crippen LogP contribution >= 0.6 is 46.4 Å². The molecule has 0 saturated heterocycles. The van der Waals surface area contributed by atoms with Crippen LogP contribution in [0.25, 0.3) is 0 Å². The van der Waals surface area contributed by atoms with Crippen LogP contribution in [-0.2, 0) is 0 Å². The van der Waals surface area contributed by atoms with Crippen LogP contribution in [0.1, 0.15) is 10.4 Å². The standard InChI is InChI=1S/C11H5Cl4N3O/c12-6-3-1-2-5(9(6)14)10(19)17-8-4-7(13)16-11(15)18-8/h1-4H,(H,16,17,18,19). The van der Waals surface area contributed by atoms with Gasteiger partial charge in [0.05, 0.1) is 15.6 Å². The van der Waals surface area contributed by atoms with Gasteiger partial charge < -0.3 is 5.32 Å². The predicted molar refractivity (Wildman–Crippen MR) is 76.5 cm³/mol. The highest BCUT2D eigenvalue weighted by molar-refractivity contribution is 6.44. The molecule has 8 heteroatoms. The van der Waals surface area contributed by atoms with Crippen LogP contribution in [-0.4, -0.2) is 15.9 Å². The minimum absolute atomic E-state index is 0.0695. The molecular formula is C11H5Cl4N3O. The van der Waals surface area contributed by atoms with E-state index in [4.69, 9.17) is 46.4 Å². The first kappa shape index (κ1) is 14.3. The lowest BCUT2D eigenvalue weighted by Crippen LogP contribution is -2.13. The molecule has 0 spiro atoms. The van der Waals surface area contributed by atoms with Crippen molar-refractivity contribution in [1.29, 1.82) is 0 Å². The van der Waals surface area contributed by atoms with E-state index in [-0.39, 0.29) is 31.9 Å². The minimum atomic E-state index is -0.474. The van der Waals surface area contributed by atoms with Gasteiger partial charge >= 0.3 is 0 Å². The van der Waals surface area contributed by atoms with E-state index in [0.29, 0.717) is 0 Å². The zero-order valence-corrected chi connectivity index (χ0v) is 12.1. The lowest BCUT2D eigenvalue weighted by atomic mass is 10.2. The van der Waals surface area contributed by atoms with E-state index < -0.39 is 5.91 Å². The maximum Gasteiger partial charge on any atom is 0.258 e. The summed E-state index contributed by atoms with van der Waals surface area (Å²) in [5.74, 6) is -0.302. The van der Waals surface area contributed by atoms with Gasteiger partial charge in [-0.25, -0.2) is 9.97 Å². The second-order valence-electron chi connectivity index (χ2n) is 3.40. The van der Waals surface area contributed by atoms with Crippen LogP contribution in [0.4, 0.5) is 5.82 Å². The van der Waals surface area contributed by atoms with Crippen molar-refractivity contribution >= 4 is 58.1 Å². The maximum atomic E-state index is 12.0. The van der Waals surface area contributed by atoms with Crippen molar-refractivity contribution < 1.29 is 4.79 Å². The van der Waals surface area contributed by atoms with Gasteiger partial charge in [-0.1, -0.05) is 40.9 Å². The van der Waals surface area contributed by atoms with E-state index in [1.54, 1.807) is 12.1 Å². The van der Waals surface area contributed by atoms with E-state index in [1.807, 2.05) is 0 Å². The Balaban J connectivity index is 2.28. The third kappa shape index (κ3) is 3.48. The van der Waals surface area contributed by atoms with Crippen LogP contribution in [0.15, 0.2) is 24.3 Å². The van der Waals surface area contributed by atoms with Crippen molar-refractivity contribution in [2.75, 3.05) is 5.32 Å². The second kappa shape index (κ2) is 5.92. The molecule has 0 unspecified atom stereocenters. The van der Waals surface area contributed by atoms with Crippen LogP contribution in [0.2, 0.25) is 20.5 Å². The fourth-order valence-corrected chi connectivity index (χ4v) is 2.11. The number of carbonyl (C=O) groups excluding carboxylic acids is 1. The fraction of sp³-hybridized carbons (Fsp3) is 0. The second-order valence-corrected chi connectivity index (χ2v) is 4.91. The quantitative estimate of drug-likeness (QED) is 0.655. The Kier molecular flexibility index (Phi) is 4.47. The molecule has 98 valence electrons. The summed E-state index contributed by atoms with van der Waals surface area (Å²) in [6.45, 7) is 0. The van der Waals surface area contributed by atoms with Crippen molar-refractivity contribution in [1.82, 2.24) is 9.97 Å². The fourth-order valence-electron chi connectivity index (χ4n) is 1.32. The SMILES string of the molecule is O=C(Nc1cc(Cl)nc(Cl)n1)c1cccc(Cl)c1Cl. The Morgan fingerprint density at radius 2 is 1.84 bits per heavy atom. The molecule has 0 atom stereocenters. The summed E-state index contributed by atoms with van der Waals surface area (Å²) < 4.78 is 0. The summed E-state index contributed by atoms with van der Waals surface area (Å²) in [7, 11) is 0. The molecule has 0 radical (unpaired) electrons. The average molecular weight is 337 g/mol. The molecule has 0 aliphatic rings. The van der Waals surface area contributed by atoms with E-state index in [9.17, 15) is 4.79 Å². The number of nitrogens with one attached hydrogen (secondary N) is 1. The molecule has 0 bridgehead atoms.